The number of benzene rings is 1. The van der Waals surface area contributed by atoms with Crippen LogP contribution < -0.4 is 0 Å². The Morgan fingerprint density at radius 3 is 2.35 bits per heavy atom. The molecule has 0 aromatic heterocycles. The number of rotatable bonds is 2. The Morgan fingerprint density at radius 1 is 1.29 bits per heavy atom. The lowest BCUT2D eigenvalue weighted by Gasteiger charge is -2.16. The van der Waals surface area contributed by atoms with Gasteiger partial charge in [-0.15, -0.1) is 0 Å². The average molecular weight is 263 g/mol. The number of halogens is 2. The van der Waals surface area contributed by atoms with Crippen LogP contribution >= 0.6 is 0 Å². The number of nitrogens with zero attached hydrogens (tertiary/aromatic N) is 1. The summed E-state index contributed by atoms with van der Waals surface area (Å²) in [4.78, 5) is -0.950. The molecule has 0 saturated carbocycles. The van der Waals surface area contributed by atoms with Gasteiger partial charge in [0, 0.05) is 13.1 Å². The molecule has 1 aliphatic rings. The van der Waals surface area contributed by atoms with Gasteiger partial charge in [0.2, 0.25) is 10.0 Å². The first-order valence-electron chi connectivity index (χ1n) is 5.05. The summed E-state index contributed by atoms with van der Waals surface area (Å²) in [7, 11) is -4.21. The third-order valence-corrected chi connectivity index (χ3v) is 4.56. The van der Waals surface area contributed by atoms with Crippen molar-refractivity contribution in [1.82, 2.24) is 4.31 Å². The van der Waals surface area contributed by atoms with Crippen molar-refractivity contribution in [3.05, 3.63) is 29.8 Å². The quantitative estimate of drug-likeness (QED) is 0.855. The van der Waals surface area contributed by atoms with Crippen molar-refractivity contribution in [3.8, 4) is 0 Å². The average Bonchev–Trinajstić information content (AvgIpc) is 2.64. The van der Waals surface area contributed by atoms with Crippen LogP contribution in [-0.2, 0) is 10.0 Å². The number of hydrogen-bond donors (Lipinski definition) is 1. The molecule has 0 unspecified atom stereocenters. The minimum absolute atomic E-state index is 0.0667. The van der Waals surface area contributed by atoms with Gasteiger partial charge in [-0.3, -0.25) is 0 Å². The van der Waals surface area contributed by atoms with E-state index in [1.165, 1.54) is 0 Å². The molecule has 0 bridgehead atoms. The summed E-state index contributed by atoms with van der Waals surface area (Å²) in [5, 5.41) is 9.25. The molecule has 0 radical (unpaired) electrons. The molecule has 1 aromatic carbocycles. The highest BCUT2D eigenvalue weighted by molar-refractivity contribution is 7.89. The number of aliphatic hydroxyl groups excluding tert-OH is 1. The van der Waals surface area contributed by atoms with Crippen LogP contribution in [0.15, 0.2) is 23.1 Å². The van der Waals surface area contributed by atoms with Crippen LogP contribution in [0, 0.1) is 11.6 Å². The summed E-state index contributed by atoms with van der Waals surface area (Å²) in [6, 6.07) is 2.88. The van der Waals surface area contributed by atoms with E-state index in [4.69, 9.17) is 0 Å². The molecule has 1 aliphatic heterocycles. The molecular weight excluding hydrogens is 252 g/mol. The maximum Gasteiger partial charge on any atom is 0.249 e. The predicted octanol–water partition coefficient (Wildman–Crippen LogP) is 0.720. The first-order chi connectivity index (χ1) is 7.93. The molecule has 0 spiro atoms. The van der Waals surface area contributed by atoms with Crippen LogP contribution in [0.2, 0.25) is 0 Å². The zero-order valence-electron chi connectivity index (χ0n) is 8.81. The summed E-state index contributed by atoms with van der Waals surface area (Å²) in [5.74, 6) is -2.24. The summed E-state index contributed by atoms with van der Waals surface area (Å²) in [5.41, 5.74) is 0. The molecule has 17 heavy (non-hydrogen) atoms. The van der Waals surface area contributed by atoms with E-state index in [9.17, 15) is 22.3 Å². The molecular formula is C10H11F2NO3S. The molecule has 4 nitrogen and oxygen atoms in total. The molecule has 7 heteroatoms. The Morgan fingerprint density at radius 2 is 1.88 bits per heavy atom. The number of hydrogen-bond acceptors (Lipinski definition) is 3. The minimum Gasteiger partial charge on any atom is -0.392 e. The van der Waals surface area contributed by atoms with E-state index in [1.807, 2.05) is 0 Å². The van der Waals surface area contributed by atoms with Gasteiger partial charge in [0.25, 0.3) is 0 Å². The highest BCUT2D eigenvalue weighted by Gasteiger charge is 2.35. The molecule has 0 amide bonds. The van der Waals surface area contributed by atoms with E-state index < -0.39 is 32.7 Å². The fourth-order valence-corrected chi connectivity index (χ4v) is 3.39. The van der Waals surface area contributed by atoms with Gasteiger partial charge >= 0.3 is 0 Å². The Bertz CT molecular complexity index is 512. The van der Waals surface area contributed by atoms with Crippen LogP contribution in [0.25, 0.3) is 0 Å². The maximum atomic E-state index is 13.4. The second kappa shape index (κ2) is 4.32. The van der Waals surface area contributed by atoms with E-state index in [1.54, 1.807) is 0 Å². The Kier molecular flexibility index (Phi) is 3.15. The van der Waals surface area contributed by atoms with Gasteiger partial charge in [-0.1, -0.05) is 6.07 Å². The van der Waals surface area contributed by atoms with Crippen LogP contribution in [0.1, 0.15) is 6.42 Å². The first kappa shape index (κ1) is 12.4. The number of sulfonamides is 1. The predicted molar refractivity (Wildman–Crippen MR) is 55.7 cm³/mol. The van der Waals surface area contributed by atoms with Crippen LogP contribution in [0.4, 0.5) is 8.78 Å². The zero-order valence-corrected chi connectivity index (χ0v) is 9.62. The van der Waals surface area contributed by atoms with E-state index in [2.05, 4.69) is 0 Å². The summed E-state index contributed by atoms with van der Waals surface area (Å²) in [6.45, 7) is -0.0621. The van der Waals surface area contributed by atoms with Crippen LogP contribution in [-0.4, -0.2) is 37.0 Å². The van der Waals surface area contributed by atoms with Crippen molar-refractivity contribution in [3.63, 3.8) is 0 Å². The normalized spacial score (nSPS) is 21.9. The van der Waals surface area contributed by atoms with Crippen molar-refractivity contribution in [2.75, 3.05) is 13.1 Å². The smallest absolute Gasteiger partial charge is 0.249 e. The van der Waals surface area contributed by atoms with Gasteiger partial charge in [0.05, 0.1) is 6.10 Å². The zero-order chi connectivity index (χ0) is 12.6. The fraction of sp³-hybridized carbons (Fsp3) is 0.400. The topological polar surface area (TPSA) is 57.6 Å². The van der Waals surface area contributed by atoms with Crippen LogP contribution in [0.5, 0.6) is 0 Å². The largest absolute Gasteiger partial charge is 0.392 e. The van der Waals surface area contributed by atoms with E-state index >= 15 is 0 Å². The maximum absolute atomic E-state index is 13.4. The first-order valence-corrected chi connectivity index (χ1v) is 6.49. The van der Waals surface area contributed by atoms with Crippen LogP contribution in [0.3, 0.4) is 0 Å². The summed E-state index contributed by atoms with van der Waals surface area (Å²) < 4.78 is 51.6. The second-order valence-corrected chi connectivity index (χ2v) is 5.73. The monoisotopic (exact) mass is 263 g/mol. The molecule has 1 atom stereocenters. The van der Waals surface area contributed by atoms with E-state index in [0.29, 0.717) is 0 Å². The fourth-order valence-electron chi connectivity index (χ4n) is 1.79. The molecule has 1 fully saturated rings. The second-order valence-electron chi connectivity index (χ2n) is 3.86. The molecule has 94 valence electrons. The van der Waals surface area contributed by atoms with Crippen molar-refractivity contribution < 1.29 is 22.3 Å². The molecule has 1 N–H and O–H groups in total. The molecule has 0 aliphatic carbocycles. The van der Waals surface area contributed by atoms with E-state index in [-0.39, 0.29) is 19.5 Å². The van der Waals surface area contributed by atoms with Crippen molar-refractivity contribution >= 4 is 10.0 Å². The molecule has 2 rings (SSSR count). The highest BCUT2D eigenvalue weighted by Crippen LogP contribution is 2.25. The van der Waals surface area contributed by atoms with Gasteiger partial charge in [-0.2, -0.15) is 4.31 Å². The van der Waals surface area contributed by atoms with Crippen molar-refractivity contribution in [2.24, 2.45) is 0 Å². The molecule has 1 heterocycles. The van der Waals surface area contributed by atoms with Gasteiger partial charge < -0.3 is 5.11 Å². The van der Waals surface area contributed by atoms with E-state index in [0.717, 1.165) is 22.5 Å². The number of β-amino-alcohol motifs (C(OH)–C–C–N with tert-alkyl or cyclic N) is 1. The standard InChI is InChI=1S/C10H11F2NO3S/c11-8-2-1-3-9(12)10(8)17(15,16)13-5-4-7(14)6-13/h1-3,7,14H,4-6H2/t7-/m1/s1. The molecule has 1 aromatic rings. The van der Waals surface area contributed by atoms with Gasteiger partial charge in [0.15, 0.2) is 4.90 Å². The van der Waals surface area contributed by atoms with Gasteiger partial charge in [-0.25, -0.2) is 17.2 Å². The Hall–Kier alpha value is -1.05. The van der Waals surface area contributed by atoms with Gasteiger partial charge in [0.1, 0.15) is 11.6 Å². The van der Waals surface area contributed by atoms with Crippen molar-refractivity contribution in [1.29, 1.82) is 0 Å². The Labute approximate surface area is 97.5 Å². The summed E-state index contributed by atoms with van der Waals surface area (Å²) >= 11 is 0. The lowest BCUT2D eigenvalue weighted by atomic mass is 10.3. The lowest BCUT2D eigenvalue weighted by Crippen LogP contribution is -2.31. The van der Waals surface area contributed by atoms with Crippen molar-refractivity contribution in [2.45, 2.75) is 17.4 Å². The molecule has 1 saturated heterocycles. The minimum atomic E-state index is -4.21. The SMILES string of the molecule is O=S(=O)(c1c(F)cccc1F)N1CC[C@@H](O)C1. The third kappa shape index (κ3) is 2.18. The highest BCUT2D eigenvalue weighted by atomic mass is 32.2. The lowest BCUT2D eigenvalue weighted by molar-refractivity contribution is 0.189. The number of aliphatic hydroxyl groups is 1. The van der Waals surface area contributed by atoms with Gasteiger partial charge in [-0.05, 0) is 18.6 Å². The third-order valence-electron chi connectivity index (χ3n) is 2.64. The summed E-state index contributed by atoms with van der Waals surface area (Å²) in [6.07, 6.45) is -0.505. The Balaban J connectivity index is 2.45.